The third-order valence-corrected chi connectivity index (χ3v) is 1.74. The molecule has 2 nitrogen and oxygen atoms in total. The summed E-state index contributed by atoms with van der Waals surface area (Å²) in [5.41, 5.74) is 8.81. The average Bonchev–Trinajstić information content (AvgIpc) is 2.03. The highest BCUT2D eigenvalue weighted by molar-refractivity contribution is 5.51. The van der Waals surface area contributed by atoms with E-state index in [1.165, 1.54) is 0 Å². The second kappa shape index (κ2) is 3.50. The van der Waals surface area contributed by atoms with E-state index in [-0.39, 0.29) is 6.04 Å². The van der Waals surface area contributed by atoms with Crippen molar-refractivity contribution in [3.05, 3.63) is 35.7 Å². The van der Waals surface area contributed by atoms with Crippen LogP contribution in [0.2, 0.25) is 0 Å². The molecule has 1 heterocycles. The molecule has 0 fully saturated rings. The molecule has 1 rings (SSSR count). The molecule has 0 aromatic carbocycles. The van der Waals surface area contributed by atoms with Crippen molar-refractivity contribution in [2.45, 2.75) is 19.9 Å². The van der Waals surface area contributed by atoms with Gasteiger partial charge in [-0.1, -0.05) is 12.7 Å². The molecule has 1 atom stereocenters. The van der Waals surface area contributed by atoms with E-state index in [9.17, 15) is 0 Å². The van der Waals surface area contributed by atoms with Crippen LogP contribution in [0.15, 0.2) is 18.8 Å². The van der Waals surface area contributed by atoms with E-state index in [4.69, 9.17) is 5.73 Å². The normalized spacial score (nSPS) is 12.6. The number of hydrogen-bond acceptors (Lipinski definition) is 2. The van der Waals surface area contributed by atoms with E-state index in [1.807, 2.05) is 26.1 Å². The predicted octanol–water partition coefficient (Wildman–Crippen LogP) is 2.05. The standard InChI is InChI=1S/C10H14N2/c1-4-9-5-7(2)6-12-10(9)8(3)11/h4-6,8H,1,11H2,2-3H3/t8-/m0/s1. The zero-order valence-electron chi connectivity index (χ0n) is 7.54. The van der Waals surface area contributed by atoms with E-state index < -0.39 is 0 Å². The van der Waals surface area contributed by atoms with Crippen molar-refractivity contribution in [2.24, 2.45) is 5.73 Å². The molecule has 12 heavy (non-hydrogen) atoms. The van der Waals surface area contributed by atoms with Gasteiger partial charge in [0.05, 0.1) is 5.69 Å². The number of hydrogen-bond donors (Lipinski definition) is 1. The first kappa shape index (κ1) is 8.94. The van der Waals surface area contributed by atoms with Crippen LogP contribution in [0.4, 0.5) is 0 Å². The Labute approximate surface area is 73.1 Å². The molecule has 64 valence electrons. The van der Waals surface area contributed by atoms with Crippen molar-refractivity contribution < 1.29 is 0 Å². The van der Waals surface area contributed by atoms with Gasteiger partial charge in [0.1, 0.15) is 0 Å². The minimum Gasteiger partial charge on any atom is -0.323 e. The van der Waals surface area contributed by atoms with Crippen LogP contribution in [0, 0.1) is 6.92 Å². The SMILES string of the molecule is C=Cc1cc(C)cnc1[C@H](C)N. The van der Waals surface area contributed by atoms with Crippen molar-refractivity contribution in [3.8, 4) is 0 Å². The quantitative estimate of drug-likeness (QED) is 0.722. The van der Waals surface area contributed by atoms with Gasteiger partial charge in [0.2, 0.25) is 0 Å². The van der Waals surface area contributed by atoms with Crippen LogP contribution in [0.25, 0.3) is 6.08 Å². The van der Waals surface area contributed by atoms with Crippen LogP contribution in [0.3, 0.4) is 0 Å². The van der Waals surface area contributed by atoms with Crippen molar-refractivity contribution in [1.29, 1.82) is 0 Å². The highest BCUT2D eigenvalue weighted by Gasteiger charge is 2.05. The van der Waals surface area contributed by atoms with E-state index in [1.54, 1.807) is 6.08 Å². The third kappa shape index (κ3) is 1.71. The van der Waals surface area contributed by atoms with Crippen molar-refractivity contribution >= 4 is 6.08 Å². The Balaban J connectivity index is 3.20. The number of nitrogens with zero attached hydrogens (tertiary/aromatic N) is 1. The topological polar surface area (TPSA) is 38.9 Å². The number of nitrogens with two attached hydrogens (primary N) is 1. The number of pyridine rings is 1. The molecule has 0 radical (unpaired) electrons. The van der Waals surface area contributed by atoms with Gasteiger partial charge in [-0.05, 0) is 31.0 Å². The fourth-order valence-electron chi connectivity index (χ4n) is 1.15. The summed E-state index contributed by atoms with van der Waals surface area (Å²) in [4.78, 5) is 4.25. The van der Waals surface area contributed by atoms with Gasteiger partial charge in [-0.2, -0.15) is 0 Å². The summed E-state index contributed by atoms with van der Waals surface area (Å²) < 4.78 is 0. The molecule has 0 aliphatic rings. The zero-order valence-corrected chi connectivity index (χ0v) is 7.54. The number of rotatable bonds is 2. The zero-order chi connectivity index (χ0) is 9.14. The molecule has 1 aromatic rings. The number of aromatic nitrogens is 1. The highest BCUT2D eigenvalue weighted by atomic mass is 14.8. The molecule has 0 saturated heterocycles. The molecule has 2 heteroatoms. The van der Waals surface area contributed by atoms with E-state index in [0.717, 1.165) is 16.8 Å². The Morgan fingerprint density at radius 2 is 2.33 bits per heavy atom. The largest absolute Gasteiger partial charge is 0.323 e. The van der Waals surface area contributed by atoms with Crippen molar-refractivity contribution in [2.75, 3.05) is 0 Å². The van der Waals surface area contributed by atoms with E-state index >= 15 is 0 Å². The Bertz CT molecular complexity index is 290. The smallest absolute Gasteiger partial charge is 0.0640 e. The van der Waals surface area contributed by atoms with Gasteiger partial charge in [0.25, 0.3) is 0 Å². The maximum Gasteiger partial charge on any atom is 0.0640 e. The van der Waals surface area contributed by atoms with Gasteiger partial charge in [0.15, 0.2) is 0 Å². The fourth-order valence-corrected chi connectivity index (χ4v) is 1.15. The maximum atomic E-state index is 5.73. The molecule has 0 unspecified atom stereocenters. The summed E-state index contributed by atoms with van der Waals surface area (Å²) in [6.07, 6.45) is 3.62. The van der Waals surface area contributed by atoms with Crippen molar-refractivity contribution in [3.63, 3.8) is 0 Å². The molecular weight excluding hydrogens is 148 g/mol. The summed E-state index contributed by atoms with van der Waals surface area (Å²) in [5.74, 6) is 0. The fraction of sp³-hybridized carbons (Fsp3) is 0.300. The van der Waals surface area contributed by atoms with Crippen LogP contribution in [0.5, 0.6) is 0 Å². The molecular formula is C10H14N2. The second-order valence-electron chi connectivity index (χ2n) is 2.98. The first-order valence-electron chi connectivity index (χ1n) is 3.99. The van der Waals surface area contributed by atoms with Crippen molar-refractivity contribution in [1.82, 2.24) is 4.98 Å². The molecule has 1 aromatic heterocycles. The van der Waals surface area contributed by atoms with Gasteiger partial charge in [-0.3, -0.25) is 4.98 Å². The molecule has 0 amide bonds. The highest BCUT2D eigenvalue weighted by Crippen LogP contribution is 2.15. The van der Waals surface area contributed by atoms with Crippen LogP contribution in [0.1, 0.15) is 29.8 Å². The molecule has 0 saturated carbocycles. The van der Waals surface area contributed by atoms with Gasteiger partial charge < -0.3 is 5.73 Å². The summed E-state index contributed by atoms with van der Waals surface area (Å²) in [5, 5.41) is 0. The summed E-state index contributed by atoms with van der Waals surface area (Å²) in [7, 11) is 0. The summed E-state index contributed by atoms with van der Waals surface area (Å²) in [6.45, 7) is 7.65. The second-order valence-corrected chi connectivity index (χ2v) is 2.98. The molecule has 0 aliphatic heterocycles. The first-order chi connectivity index (χ1) is 5.65. The first-order valence-corrected chi connectivity index (χ1v) is 3.99. The summed E-state index contributed by atoms with van der Waals surface area (Å²) >= 11 is 0. The third-order valence-electron chi connectivity index (χ3n) is 1.74. The summed E-state index contributed by atoms with van der Waals surface area (Å²) in [6, 6.07) is 2.01. The Morgan fingerprint density at radius 1 is 1.67 bits per heavy atom. The lowest BCUT2D eigenvalue weighted by atomic mass is 10.1. The lowest BCUT2D eigenvalue weighted by molar-refractivity contribution is 0.777. The van der Waals surface area contributed by atoms with E-state index in [0.29, 0.717) is 0 Å². The van der Waals surface area contributed by atoms with Crippen LogP contribution < -0.4 is 5.73 Å². The molecule has 2 N–H and O–H groups in total. The van der Waals surface area contributed by atoms with Crippen LogP contribution in [-0.4, -0.2) is 4.98 Å². The van der Waals surface area contributed by atoms with Gasteiger partial charge in [-0.25, -0.2) is 0 Å². The predicted molar refractivity (Wildman–Crippen MR) is 51.7 cm³/mol. The van der Waals surface area contributed by atoms with Gasteiger partial charge >= 0.3 is 0 Å². The van der Waals surface area contributed by atoms with Gasteiger partial charge in [0, 0.05) is 12.2 Å². The lowest BCUT2D eigenvalue weighted by Gasteiger charge is -2.08. The monoisotopic (exact) mass is 162 g/mol. The Hall–Kier alpha value is -1.15. The average molecular weight is 162 g/mol. The maximum absolute atomic E-state index is 5.73. The molecule has 0 aliphatic carbocycles. The minimum absolute atomic E-state index is 0.0291. The van der Waals surface area contributed by atoms with Crippen LogP contribution >= 0.6 is 0 Å². The van der Waals surface area contributed by atoms with E-state index in [2.05, 4.69) is 11.6 Å². The molecule has 0 bridgehead atoms. The van der Waals surface area contributed by atoms with Gasteiger partial charge in [-0.15, -0.1) is 0 Å². The Kier molecular flexibility index (Phi) is 2.61. The Morgan fingerprint density at radius 3 is 2.83 bits per heavy atom. The lowest BCUT2D eigenvalue weighted by Crippen LogP contribution is -2.09. The van der Waals surface area contributed by atoms with Crippen LogP contribution in [-0.2, 0) is 0 Å². The minimum atomic E-state index is -0.0291. The number of aryl methyl sites for hydroxylation is 1. The molecule has 0 spiro atoms.